The van der Waals surface area contributed by atoms with Gasteiger partial charge in [0.05, 0.1) is 18.8 Å². The van der Waals surface area contributed by atoms with E-state index in [1.54, 1.807) is 0 Å². The number of nitrogens with one attached hydrogen (secondary N) is 1. The number of aliphatic hydroxyl groups is 1. The fourth-order valence-electron chi connectivity index (χ4n) is 2.81. The van der Waals surface area contributed by atoms with Crippen molar-refractivity contribution in [3.8, 4) is 5.75 Å². The average molecular weight is 291 g/mol. The number of benzene rings is 1. The van der Waals surface area contributed by atoms with Crippen molar-refractivity contribution in [2.24, 2.45) is 0 Å². The molecular weight excluding hydrogens is 266 g/mol. The molecular formula is C17H25NO3. The number of aryl methyl sites for hydroxylation is 1. The maximum atomic E-state index is 12.0. The number of carbonyl (C=O) groups excluding carboxylic acids is 1. The van der Waals surface area contributed by atoms with E-state index < -0.39 is 6.10 Å². The van der Waals surface area contributed by atoms with Gasteiger partial charge in [0.15, 0.2) is 0 Å². The molecule has 1 aromatic carbocycles. The zero-order valence-corrected chi connectivity index (χ0v) is 12.7. The van der Waals surface area contributed by atoms with E-state index in [0.29, 0.717) is 19.4 Å². The smallest absolute Gasteiger partial charge is 0.220 e. The number of ether oxygens (including phenoxy) is 1. The predicted octanol–water partition coefficient (Wildman–Crippen LogP) is 2.44. The third-order valence-electron chi connectivity index (χ3n) is 3.97. The van der Waals surface area contributed by atoms with E-state index in [9.17, 15) is 9.90 Å². The molecule has 1 aliphatic carbocycles. The zero-order valence-electron chi connectivity index (χ0n) is 12.7. The quantitative estimate of drug-likeness (QED) is 0.846. The standard InChI is InChI=1S/C17H25NO3/c1-2-21-16-10-6-3-7-13(16)11-12-17(20)18-14-8-4-5-9-15(14)19/h3,6-7,10,14-15,19H,2,4-5,8-9,11-12H2,1H3,(H,18,20)/t14-,15-/m1/s1. The van der Waals surface area contributed by atoms with E-state index in [4.69, 9.17) is 4.74 Å². The lowest BCUT2D eigenvalue weighted by Gasteiger charge is -2.28. The first-order chi connectivity index (χ1) is 10.2. The average Bonchev–Trinajstić information content (AvgIpc) is 2.49. The molecule has 1 aromatic rings. The van der Waals surface area contributed by atoms with E-state index >= 15 is 0 Å². The Hall–Kier alpha value is -1.55. The summed E-state index contributed by atoms with van der Waals surface area (Å²) in [4.78, 5) is 12.0. The van der Waals surface area contributed by atoms with Crippen LogP contribution in [0.4, 0.5) is 0 Å². The second-order valence-electron chi connectivity index (χ2n) is 5.57. The minimum Gasteiger partial charge on any atom is -0.494 e. The number of rotatable bonds is 6. The highest BCUT2D eigenvalue weighted by Gasteiger charge is 2.24. The molecule has 0 aliphatic heterocycles. The largest absolute Gasteiger partial charge is 0.494 e. The third kappa shape index (κ3) is 4.74. The predicted molar refractivity (Wildman–Crippen MR) is 82.3 cm³/mol. The second-order valence-corrected chi connectivity index (χ2v) is 5.57. The molecule has 4 heteroatoms. The Morgan fingerprint density at radius 3 is 2.86 bits per heavy atom. The molecule has 2 rings (SSSR count). The second kappa shape index (κ2) is 8.03. The number of hydrogen-bond donors (Lipinski definition) is 2. The van der Waals surface area contributed by atoms with Crippen LogP contribution in [0, 0.1) is 0 Å². The number of carbonyl (C=O) groups is 1. The van der Waals surface area contributed by atoms with Gasteiger partial charge in [0.1, 0.15) is 5.75 Å². The zero-order chi connectivity index (χ0) is 15.1. The highest BCUT2D eigenvalue weighted by Crippen LogP contribution is 2.21. The minimum atomic E-state index is -0.390. The van der Waals surface area contributed by atoms with Crippen LogP contribution in [0.2, 0.25) is 0 Å². The summed E-state index contributed by atoms with van der Waals surface area (Å²) in [6.07, 6.45) is 4.49. The molecule has 1 aliphatic rings. The van der Waals surface area contributed by atoms with Crippen molar-refractivity contribution in [1.29, 1.82) is 0 Å². The van der Waals surface area contributed by atoms with Gasteiger partial charge in [0.25, 0.3) is 0 Å². The topological polar surface area (TPSA) is 58.6 Å². The molecule has 0 spiro atoms. The normalized spacial score (nSPS) is 21.8. The Balaban J connectivity index is 1.83. The molecule has 2 atom stereocenters. The molecule has 0 heterocycles. The van der Waals surface area contributed by atoms with Crippen LogP contribution in [0.25, 0.3) is 0 Å². The highest BCUT2D eigenvalue weighted by molar-refractivity contribution is 5.76. The molecule has 0 radical (unpaired) electrons. The van der Waals surface area contributed by atoms with E-state index in [1.165, 1.54) is 0 Å². The van der Waals surface area contributed by atoms with E-state index in [2.05, 4.69) is 5.32 Å². The molecule has 0 saturated heterocycles. The SMILES string of the molecule is CCOc1ccccc1CCC(=O)N[C@@H]1CCCC[C@H]1O. The van der Waals surface area contributed by atoms with Gasteiger partial charge in [-0.1, -0.05) is 31.0 Å². The first-order valence-corrected chi connectivity index (χ1v) is 7.89. The van der Waals surface area contributed by atoms with Crippen LogP contribution in [0.5, 0.6) is 5.75 Å². The van der Waals surface area contributed by atoms with Gasteiger partial charge in [-0.25, -0.2) is 0 Å². The van der Waals surface area contributed by atoms with Crippen LogP contribution in [-0.4, -0.2) is 29.8 Å². The molecule has 21 heavy (non-hydrogen) atoms. The van der Waals surface area contributed by atoms with E-state index in [-0.39, 0.29) is 11.9 Å². The van der Waals surface area contributed by atoms with Gasteiger partial charge >= 0.3 is 0 Å². The number of aliphatic hydroxyl groups excluding tert-OH is 1. The third-order valence-corrected chi connectivity index (χ3v) is 3.97. The van der Waals surface area contributed by atoms with Crippen LogP contribution in [0.3, 0.4) is 0 Å². The number of amides is 1. The summed E-state index contributed by atoms with van der Waals surface area (Å²) in [5.41, 5.74) is 1.05. The van der Waals surface area contributed by atoms with Crippen molar-refractivity contribution in [3.05, 3.63) is 29.8 Å². The fourth-order valence-corrected chi connectivity index (χ4v) is 2.81. The van der Waals surface area contributed by atoms with Crippen molar-refractivity contribution in [2.45, 2.75) is 57.6 Å². The van der Waals surface area contributed by atoms with E-state index in [1.807, 2.05) is 31.2 Å². The Morgan fingerprint density at radius 2 is 2.10 bits per heavy atom. The number of hydrogen-bond acceptors (Lipinski definition) is 3. The van der Waals surface area contributed by atoms with Crippen LogP contribution in [0.1, 0.15) is 44.6 Å². The van der Waals surface area contributed by atoms with Crippen molar-refractivity contribution in [3.63, 3.8) is 0 Å². The molecule has 1 fully saturated rings. The van der Waals surface area contributed by atoms with Gasteiger partial charge in [-0.2, -0.15) is 0 Å². The molecule has 0 unspecified atom stereocenters. The fraction of sp³-hybridized carbons (Fsp3) is 0.588. The van der Waals surface area contributed by atoms with Crippen molar-refractivity contribution in [2.75, 3.05) is 6.61 Å². The first-order valence-electron chi connectivity index (χ1n) is 7.89. The monoisotopic (exact) mass is 291 g/mol. The number of para-hydroxylation sites is 1. The Labute approximate surface area is 126 Å². The Morgan fingerprint density at radius 1 is 1.33 bits per heavy atom. The lowest BCUT2D eigenvalue weighted by molar-refractivity contribution is -0.123. The summed E-state index contributed by atoms with van der Waals surface area (Å²) in [5.74, 6) is 0.859. The molecule has 0 aromatic heterocycles. The van der Waals surface area contributed by atoms with Gasteiger partial charge in [-0.15, -0.1) is 0 Å². The lowest BCUT2D eigenvalue weighted by atomic mass is 9.92. The molecule has 116 valence electrons. The summed E-state index contributed by atoms with van der Waals surface area (Å²) in [6.45, 7) is 2.57. The van der Waals surface area contributed by atoms with Gasteiger partial charge in [0, 0.05) is 6.42 Å². The van der Waals surface area contributed by atoms with Gasteiger partial charge in [0.2, 0.25) is 5.91 Å². The Kier molecular flexibility index (Phi) is 6.05. The van der Waals surface area contributed by atoms with Crippen LogP contribution < -0.4 is 10.1 Å². The maximum absolute atomic E-state index is 12.0. The van der Waals surface area contributed by atoms with Gasteiger partial charge < -0.3 is 15.2 Å². The van der Waals surface area contributed by atoms with Gasteiger partial charge in [-0.3, -0.25) is 4.79 Å². The van der Waals surface area contributed by atoms with Crippen molar-refractivity contribution in [1.82, 2.24) is 5.32 Å². The van der Waals surface area contributed by atoms with Crippen LogP contribution >= 0.6 is 0 Å². The van der Waals surface area contributed by atoms with Crippen LogP contribution in [0.15, 0.2) is 24.3 Å². The molecule has 1 amide bonds. The first kappa shape index (κ1) is 15.8. The molecule has 4 nitrogen and oxygen atoms in total. The summed E-state index contributed by atoms with van der Waals surface area (Å²) in [6, 6.07) is 7.75. The highest BCUT2D eigenvalue weighted by atomic mass is 16.5. The summed E-state index contributed by atoms with van der Waals surface area (Å²) < 4.78 is 5.56. The summed E-state index contributed by atoms with van der Waals surface area (Å²) >= 11 is 0. The minimum absolute atomic E-state index is 0.00671. The van der Waals surface area contributed by atoms with Gasteiger partial charge in [-0.05, 0) is 37.8 Å². The lowest BCUT2D eigenvalue weighted by Crippen LogP contribution is -2.45. The van der Waals surface area contributed by atoms with Crippen molar-refractivity contribution < 1.29 is 14.6 Å². The van der Waals surface area contributed by atoms with E-state index in [0.717, 1.165) is 37.0 Å². The molecule has 1 saturated carbocycles. The summed E-state index contributed by atoms with van der Waals surface area (Å²) in [7, 11) is 0. The maximum Gasteiger partial charge on any atom is 0.220 e. The molecule has 0 bridgehead atoms. The van der Waals surface area contributed by atoms with Crippen molar-refractivity contribution >= 4 is 5.91 Å². The van der Waals surface area contributed by atoms with Crippen LogP contribution in [-0.2, 0) is 11.2 Å². The Bertz CT molecular complexity index is 461. The summed E-state index contributed by atoms with van der Waals surface area (Å²) in [5, 5.41) is 12.8. The molecule has 2 N–H and O–H groups in total.